The third-order valence-electron chi connectivity index (χ3n) is 1.99. The molecule has 0 rings (SSSR count). The van der Waals surface area contributed by atoms with Gasteiger partial charge in [0, 0.05) is 27.2 Å². The standard InChI is InChI=1S/C11H21ClN2O3/c1-11(2,3)17-10(16)14(5)8-6-7-13(4)9(12)15/h6-8H2,1-5H3. The van der Waals surface area contributed by atoms with E-state index in [-0.39, 0.29) is 6.09 Å². The van der Waals surface area contributed by atoms with E-state index in [1.807, 2.05) is 20.8 Å². The van der Waals surface area contributed by atoms with Crippen LogP contribution in [0.4, 0.5) is 9.59 Å². The summed E-state index contributed by atoms with van der Waals surface area (Å²) < 4.78 is 5.18. The van der Waals surface area contributed by atoms with Gasteiger partial charge in [-0.05, 0) is 38.8 Å². The molecule has 5 nitrogen and oxygen atoms in total. The van der Waals surface area contributed by atoms with Crippen molar-refractivity contribution in [1.29, 1.82) is 0 Å². The van der Waals surface area contributed by atoms with Gasteiger partial charge in [-0.25, -0.2) is 4.79 Å². The number of halogens is 1. The summed E-state index contributed by atoms with van der Waals surface area (Å²) >= 11 is 5.28. The van der Waals surface area contributed by atoms with Crippen molar-refractivity contribution in [1.82, 2.24) is 9.80 Å². The lowest BCUT2D eigenvalue weighted by molar-refractivity contribution is 0.0295. The minimum atomic E-state index is -0.495. The van der Waals surface area contributed by atoms with Crippen molar-refractivity contribution in [2.45, 2.75) is 32.8 Å². The first-order valence-corrected chi connectivity index (χ1v) is 5.86. The van der Waals surface area contributed by atoms with Gasteiger partial charge in [-0.1, -0.05) is 0 Å². The Morgan fingerprint density at radius 3 is 2.00 bits per heavy atom. The van der Waals surface area contributed by atoms with Crippen molar-refractivity contribution in [3.05, 3.63) is 0 Å². The van der Waals surface area contributed by atoms with Crippen LogP contribution in [0.15, 0.2) is 0 Å². The van der Waals surface area contributed by atoms with Crippen LogP contribution in [0, 0.1) is 0 Å². The van der Waals surface area contributed by atoms with Gasteiger partial charge in [0.25, 0.3) is 0 Å². The van der Waals surface area contributed by atoms with Gasteiger partial charge in [0.05, 0.1) is 0 Å². The third-order valence-corrected chi connectivity index (χ3v) is 2.28. The van der Waals surface area contributed by atoms with Crippen LogP contribution >= 0.6 is 11.6 Å². The van der Waals surface area contributed by atoms with Crippen molar-refractivity contribution in [2.24, 2.45) is 0 Å². The van der Waals surface area contributed by atoms with E-state index in [2.05, 4.69) is 0 Å². The van der Waals surface area contributed by atoms with E-state index in [0.717, 1.165) is 0 Å². The molecule has 100 valence electrons. The number of hydrogen-bond acceptors (Lipinski definition) is 3. The lowest BCUT2D eigenvalue weighted by atomic mass is 10.2. The molecule has 0 saturated heterocycles. The van der Waals surface area contributed by atoms with E-state index < -0.39 is 11.0 Å². The number of rotatable bonds is 4. The summed E-state index contributed by atoms with van der Waals surface area (Å²) in [6.07, 6.45) is 0.294. The van der Waals surface area contributed by atoms with Gasteiger partial charge < -0.3 is 14.5 Å². The summed E-state index contributed by atoms with van der Waals surface area (Å²) in [4.78, 5) is 25.2. The zero-order valence-electron chi connectivity index (χ0n) is 11.1. The van der Waals surface area contributed by atoms with Gasteiger partial charge in [0.2, 0.25) is 0 Å². The van der Waals surface area contributed by atoms with Crippen LogP contribution in [0.2, 0.25) is 0 Å². The quantitative estimate of drug-likeness (QED) is 0.579. The molecule has 0 spiro atoms. The van der Waals surface area contributed by atoms with Crippen LogP contribution in [0.25, 0.3) is 0 Å². The Morgan fingerprint density at radius 1 is 1.12 bits per heavy atom. The Morgan fingerprint density at radius 2 is 1.59 bits per heavy atom. The number of carbonyl (C=O) groups excluding carboxylic acids is 2. The van der Waals surface area contributed by atoms with E-state index in [1.54, 1.807) is 14.1 Å². The molecule has 0 aromatic carbocycles. The smallest absolute Gasteiger partial charge is 0.410 e. The zero-order chi connectivity index (χ0) is 13.6. The molecule has 0 aromatic heterocycles. The highest BCUT2D eigenvalue weighted by Crippen LogP contribution is 2.09. The van der Waals surface area contributed by atoms with Crippen LogP contribution in [0.1, 0.15) is 27.2 Å². The molecule has 6 heteroatoms. The summed E-state index contributed by atoms with van der Waals surface area (Å²) in [5.74, 6) is 0. The van der Waals surface area contributed by atoms with Crippen LogP contribution in [-0.2, 0) is 4.74 Å². The molecule has 0 radical (unpaired) electrons. The second-order valence-corrected chi connectivity index (χ2v) is 5.25. The zero-order valence-corrected chi connectivity index (χ0v) is 11.9. The van der Waals surface area contributed by atoms with E-state index in [0.29, 0.717) is 19.5 Å². The van der Waals surface area contributed by atoms with Gasteiger partial charge in [0.1, 0.15) is 5.60 Å². The largest absolute Gasteiger partial charge is 0.444 e. The molecule has 0 fully saturated rings. The predicted octanol–water partition coefficient (Wildman–Crippen LogP) is 2.53. The van der Waals surface area contributed by atoms with E-state index in [1.165, 1.54) is 9.80 Å². The monoisotopic (exact) mass is 264 g/mol. The number of nitrogens with zero attached hydrogens (tertiary/aromatic N) is 2. The Labute approximate surface area is 108 Å². The molecule has 0 unspecified atom stereocenters. The molecule has 0 saturated carbocycles. The maximum Gasteiger partial charge on any atom is 0.410 e. The first kappa shape index (κ1) is 16.0. The van der Waals surface area contributed by atoms with Gasteiger partial charge in [0.15, 0.2) is 0 Å². The van der Waals surface area contributed by atoms with Crippen molar-refractivity contribution in [2.75, 3.05) is 27.2 Å². The van der Waals surface area contributed by atoms with E-state index >= 15 is 0 Å². The molecule has 17 heavy (non-hydrogen) atoms. The number of amides is 2. The topological polar surface area (TPSA) is 49.9 Å². The molecular weight excluding hydrogens is 244 g/mol. The predicted molar refractivity (Wildman–Crippen MR) is 67.4 cm³/mol. The minimum Gasteiger partial charge on any atom is -0.444 e. The number of carbonyl (C=O) groups is 2. The van der Waals surface area contributed by atoms with Gasteiger partial charge >= 0.3 is 11.5 Å². The van der Waals surface area contributed by atoms with Crippen LogP contribution < -0.4 is 0 Å². The van der Waals surface area contributed by atoms with Crippen LogP contribution in [-0.4, -0.2) is 54.0 Å². The summed E-state index contributed by atoms with van der Waals surface area (Å²) in [6, 6.07) is 0. The fourth-order valence-corrected chi connectivity index (χ4v) is 1.15. The van der Waals surface area contributed by atoms with E-state index in [9.17, 15) is 9.59 Å². The molecule has 0 aliphatic heterocycles. The second-order valence-electron chi connectivity index (χ2n) is 4.93. The normalized spacial score (nSPS) is 10.9. The minimum absolute atomic E-state index is 0.364. The van der Waals surface area contributed by atoms with Crippen molar-refractivity contribution in [3.63, 3.8) is 0 Å². The fourth-order valence-electron chi connectivity index (χ4n) is 1.06. The summed E-state index contributed by atoms with van der Waals surface area (Å²) in [6.45, 7) is 6.48. The first-order valence-electron chi connectivity index (χ1n) is 5.48. The lowest BCUT2D eigenvalue weighted by Gasteiger charge is -2.25. The lowest BCUT2D eigenvalue weighted by Crippen LogP contribution is -2.35. The average Bonchev–Trinajstić information content (AvgIpc) is 2.14. The molecule has 0 aliphatic carbocycles. The highest BCUT2D eigenvalue weighted by Gasteiger charge is 2.19. The maximum absolute atomic E-state index is 11.6. The average molecular weight is 265 g/mol. The Balaban J connectivity index is 3.90. The number of hydrogen-bond donors (Lipinski definition) is 0. The first-order chi connectivity index (χ1) is 7.63. The molecule has 2 amide bonds. The molecule has 0 aromatic rings. The number of ether oxygens (including phenoxy) is 1. The SMILES string of the molecule is CN(CCCN(C)C(=O)OC(C)(C)C)C(=O)Cl. The van der Waals surface area contributed by atoms with Gasteiger partial charge in [-0.15, -0.1) is 0 Å². The maximum atomic E-state index is 11.6. The van der Waals surface area contributed by atoms with Crippen molar-refractivity contribution >= 4 is 23.1 Å². The molecule has 0 bridgehead atoms. The van der Waals surface area contributed by atoms with Crippen molar-refractivity contribution < 1.29 is 14.3 Å². The van der Waals surface area contributed by atoms with Gasteiger partial charge in [-0.2, -0.15) is 0 Å². The van der Waals surface area contributed by atoms with Crippen LogP contribution in [0.5, 0.6) is 0 Å². The molecular formula is C11H21ClN2O3. The van der Waals surface area contributed by atoms with E-state index in [4.69, 9.17) is 16.3 Å². The Bertz CT molecular complexity index is 276. The Kier molecular flexibility index (Phi) is 6.31. The Hall–Kier alpha value is -0.970. The highest BCUT2D eigenvalue weighted by molar-refractivity contribution is 6.62. The third kappa shape index (κ3) is 7.85. The summed E-state index contributed by atoms with van der Waals surface area (Å²) in [7, 11) is 3.28. The van der Waals surface area contributed by atoms with Crippen LogP contribution in [0.3, 0.4) is 0 Å². The summed E-state index contributed by atoms with van der Waals surface area (Å²) in [5.41, 5.74) is -0.492. The molecule has 0 atom stereocenters. The molecule has 0 N–H and O–H groups in total. The molecule has 0 heterocycles. The summed E-state index contributed by atoms with van der Waals surface area (Å²) in [5, 5.41) is -0.495. The van der Waals surface area contributed by atoms with Gasteiger partial charge in [-0.3, -0.25) is 4.79 Å². The second kappa shape index (κ2) is 6.69. The van der Waals surface area contributed by atoms with Crippen molar-refractivity contribution in [3.8, 4) is 0 Å². The fraction of sp³-hybridized carbons (Fsp3) is 0.818. The molecule has 0 aliphatic rings. The highest BCUT2D eigenvalue weighted by atomic mass is 35.5.